The lowest BCUT2D eigenvalue weighted by atomic mass is 10.1. The Bertz CT molecular complexity index is 629. The van der Waals surface area contributed by atoms with Crippen molar-refractivity contribution in [2.75, 3.05) is 19.4 Å². The first kappa shape index (κ1) is 15.6. The SMILES string of the molecule is COC(=O)/C=C1\SCC(=O)N1CC(=O)c1cccc(Cl)c1. The van der Waals surface area contributed by atoms with Gasteiger partial charge in [-0.1, -0.05) is 35.5 Å². The van der Waals surface area contributed by atoms with Crippen LogP contribution in [0.1, 0.15) is 10.4 Å². The first-order valence-corrected chi connectivity index (χ1v) is 7.39. The monoisotopic (exact) mass is 325 g/mol. The van der Waals surface area contributed by atoms with Crippen molar-refractivity contribution < 1.29 is 19.1 Å². The van der Waals surface area contributed by atoms with E-state index in [2.05, 4.69) is 4.74 Å². The average Bonchev–Trinajstić information content (AvgIpc) is 2.80. The molecule has 0 aliphatic carbocycles. The van der Waals surface area contributed by atoms with Crippen LogP contribution in [0.5, 0.6) is 0 Å². The Morgan fingerprint density at radius 3 is 2.90 bits per heavy atom. The van der Waals surface area contributed by atoms with E-state index in [1.165, 1.54) is 29.8 Å². The molecule has 0 bridgehead atoms. The van der Waals surface area contributed by atoms with E-state index in [1.54, 1.807) is 24.3 Å². The largest absolute Gasteiger partial charge is 0.466 e. The van der Waals surface area contributed by atoms with Crippen molar-refractivity contribution in [1.82, 2.24) is 4.90 Å². The molecule has 0 atom stereocenters. The molecule has 2 rings (SSSR count). The predicted molar refractivity (Wildman–Crippen MR) is 80.1 cm³/mol. The van der Waals surface area contributed by atoms with Crippen LogP contribution in [0, 0.1) is 0 Å². The number of thioether (sulfide) groups is 1. The maximum absolute atomic E-state index is 12.2. The fraction of sp³-hybridized carbons (Fsp3) is 0.214. The molecule has 1 heterocycles. The van der Waals surface area contributed by atoms with Crippen LogP contribution in [0.25, 0.3) is 0 Å². The molecular weight excluding hydrogens is 314 g/mol. The van der Waals surface area contributed by atoms with Gasteiger partial charge in [0.15, 0.2) is 5.78 Å². The van der Waals surface area contributed by atoms with Crippen molar-refractivity contribution in [2.24, 2.45) is 0 Å². The van der Waals surface area contributed by atoms with E-state index < -0.39 is 5.97 Å². The van der Waals surface area contributed by atoms with Crippen molar-refractivity contribution >= 4 is 41.0 Å². The zero-order valence-electron chi connectivity index (χ0n) is 11.2. The lowest BCUT2D eigenvalue weighted by Gasteiger charge is -2.16. The van der Waals surface area contributed by atoms with E-state index in [-0.39, 0.29) is 24.0 Å². The van der Waals surface area contributed by atoms with E-state index >= 15 is 0 Å². The van der Waals surface area contributed by atoms with Crippen LogP contribution in [-0.4, -0.2) is 42.0 Å². The molecule has 21 heavy (non-hydrogen) atoms. The number of hydrogen-bond donors (Lipinski definition) is 0. The van der Waals surface area contributed by atoms with Crippen molar-refractivity contribution in [3.8, 4) is 0 Å². The van der Waals surface area contributed by atoms with E-state index in [0.29, 0.717) is 15.6 Å². The number of Topliss-reactive ketones (excluding diaryl/α,β-unsaturated/α-hetero) is 1. The number of carbonyl (C=O) groups excluding carboxylic acids is 3. The van der Waals surface area contributed by atoms with Gasteiger partial charge in [0.05, 0.1) is 30.5 Å². The fourth-order valence-electron chi connectivity index (χ4n) is 1.76. The molecule has 1 aliphatic heterocycles. The first-order chi connectivity index (χ1) is 10.0. The van der Waals surface area contributed by atoms with Gasteiger partial charge in [-0.15, -0.1) is 0 Å². The Labute approximate surface area is 130 Å². The highest BCUT2D eigenvalue weighted by Crippen LogP contribution is 2.29. The highest BCUT2D eigenvalue weighted by molar-refractivity contribution is 8.04. The molecule has 0 unspecified atom stereocenters. The maximum atomic E-state index is 12.2. The van der Waals surface area contributed by atoms with Gasteiger partial charge in [-0.25, -0.2) is 4.79 Å². The molecule has 110 valence electrons. The second-order valence-corrected chi connectivity index (χ2v) is 5.64. The second kappa shape index (κ2) is 6.78. The van der Waals surface area contributed by atoms with Crippen molar-refractivity contribution in [1.29, 1.82) is 0 Å². The molecular formula is C14H12ClNO4S. The van der Waals surface area contributed by atoms with Gasteiger partial charge in [0.2, 0.25) is 5.91 Å². The third-order valence-corrected chi connectivity index (χ3v) is 4.06. The molecule has 0 spiro atoms. The lowest BCUT2D eigenvalue weighted by Crippen LogP contribution is -2.31. The molecule has 1 aromatic rings. The molecule has 1 saturated heterocycles. The number of halogens is 1. The van der Waals surface area contributed by atoms with Gasteiger partial charge < -0.3 is 4.74 Å². The average molecular weight is 326 g/mol. The Hall–Kier alpha value is -1.79. The molecule has 0 N–H and O–H groups in total. The lowest BCUT2D eigenvalue weighted by molar-refractivity contribution is -0.134. The zero-order chi connectivity index (χ0) is 15.4. The number of esters is 1. The summed E-state index contributed by atoms with van der Waals surface area (Å²) in [5.74, 6) is -0.826. The molecule has 7 heteroatoms. The van der Waals surface area contributed by atoms with Gasteiger partial charge in [0, 0.05) is 10.6 Å². The summed E-state index contributed by atoms with van der Waals surface area (Å²) in [6, 6.07) is 6.51. The van der Waals surface area contributed by atoms with Crippen LogP contribution in [0.3, 0.4) is 0 Å². The standard InChI is InChI=1S/C14H12ClNO4S/c1-20-14(19)6-13-16(12(18)8-21-13)7-11(17)9-3-2-4-10(15)5-9/h2-6H,7-8H2,1H3/b13-6-. The summed E-state index contributed by atoms with van der Waals surface area (Å²) < 4.78 is 4.53. The smallest absolute Gasteiger partial charge is 0.333 e. The summed E-state index contributed by atoms with van der Waals surface area (Å²) >= 11 is 7.04. The summed E-state index contributed by atoms with van der Waals surface area (Å²) in [6.45, 7) is -0.130. The number of carbonyl (C=O) groups is 3. The Morgan fingerprint density at radius 2 is 2.24 bits per heavy atom. The van der Waals surface area contributed by atoms with Crippen molar-refractivity contribution in [3.63, 3.8) is 0 Å². The molecule has 1 aliphatic rings. The number of benzene rings is 1. The number of hydrogen-bond acceptors (Lipinski definition) is 5. The van der Waals surface area contributed by atoms with E-state index in [0.717, 1.165) is 0 Å². The third-order valence-electron chi connectivity index (χ3n) is 2.80. The van der Waals surface area contributed by atoms with E-state index in [1.807, 2.05) is 0 Å². The Morgan fingerprint density at radius 1 is 1.48 bits per heavy atom. The molecule has 1 aromatic carbocycles. The van der Waals surface area contributed by atoms with Gasteiger partial charge >= 0.3 is 5.97 Å². The number of methoxy groups -OCH3 is 1. The van der Waals surface area contributed by atoms with Crippen LogP contribution < -0.4 is 0 Å². The number of ether oxygens (including phenoxy) is 1. The topological polar surface area (TPSA) is 63.7 Å². The number of amides is 1. The van der Waals surface area contributed by atoms with Crippen molar-refractivity contribution in [3.05, 3.63) is 46.0 Å². The first-order valence-electron chi connectivity index (χ1n) is 6.03. The van der Waals surface area contributed by atoms with Gasteiger partial charge in [0.25, 0.3) is 0 Å². The fourth-order valence-corrected chi connectivity index (χ4v) is 2.88. The number of nitrogens with zero attached hydrogens (tertiary/aromatic N) is 1. The summed E-state index contributed by atoms with van der Waals surface area (Å²) in [6.07, 6.45) is 1.21. The zero-order valence-corrected chi connectivity index (χ0v) is 12.7. The predicted octanol–water partition coefficient (Wildman–Crippen LogP) is 2.11. The molecule has 5 nitrogen and oxygen atoms in total. The summed E-state index contributed by atoms with van der Waals surface area (Å²) in [7, 11) is 1.25. The number of ketones is 1. The highest BCUT2D eigenvalue weighted by atomic mass is 35.5. The summed E-state index contributed by atoms with van der Waals surface area (Å²) in [5.41, 5.74) is 0.421. The summed E-state index contributed by atoms with van der Waals surface area (Å²) in [4.78, 5) is 36.6. The second-order valence-electron chi connectivity index (χ2n) is 4.21. The quantitative estimate of drug-likeness (QED) is 0.482. The van der Waals surface area contributed by atoms with Gasteiger partial charge in [0.1, 0.15) is 0 Å². The van der Waals surface area contributed by atoms with Crippen LogP contribution in [0.4, 0.5) is 0 Å². The Balaban J connectivity index is 2.16. The minimum atomic E-state index is -0.563. The third kappa shape index (κ3) is 3.86. The summed E-state index contributed by atoms with van der Waals surface area (Å²) in [5, 5.41) is 0.871. The van der Waals surface area contributed by atoms with Gasteiger partial charge in [-0.3, -0.25) is 14.5 Å². The molecule has 0 aromatic heterocycles. The van der Waals surface area contributed by atoms with Crippen molar-refractivity contribution in [2.45, 2.75) is 0 Å². The minimum absolute atomic E-state index is 0.130. The molecule has 0 radical (unpaired) electrons. The maximum Gasteiger partial charge on any atom is 0.333 e. The van der Waals surface area contributed by atoms with Crippen LogP contribution >= 0.6 is 23.4 Å². The molecule has 1 fully saturated rings. The number of rotatable bonds is 4. The normalized spacial score (nSPS) is 16.4. The van der Waals surface area contributed by atoms with E-state index in [9.17, 15) is 14.4 Å². The highest BCUT2D eigenvalue weighted by Gasteiger charge is 2.29. The van der Waals surface area contributed by atoms with Crippen LogP contribution in [-0.2, 0) is 14.3 Å². The van der Waals surface area contributed by atoms with Gasteiger partial charge in [-0.05, 0) is 12.1 Å². The molecule has 1 amide bonds. The minimum Gasteiger partial charge on any atom is -0.466 e. The van der Waals surface area contributed by atoms with Gasteiger partial charge in [-0.2, -0.15) is 0 Å². The van der Waals surface area contributed by atoms with Crippen LogP contribution in [0.2, 0.25) is 5.02 Å². The Kier molecular flexibility index (Phi) is 5.03. The van der Waals surface area contributed by atoms with E-state index in [4.69, 9.17) is 11.6 Å². The van der Waals surface area contributed by atoms with Crippen LogP contribution in [0.15, 0.2) is 35.4 Å². The molecule has 0 saturated carbocycles.